The molecule has 1 amide bonds. The van der Waals surface area contributed by atoms with Crippen molar-refractivity contribution in [1.82, 2.24) is 10.6 Å². The van der Waals surface area contributed by atoms with Crippen molar-refractivity contribution in [2.24, 2.45) is 0 Å². The molecule has 1 aromatic rings. The smallest absolute Gasteiger partial charge is 0.261 e. The van der Waals surface area contributed by atoms with Gasteiger partial charge in [0.2, 0.25) is 0 Å². The van der Waals surface area contributed by atoms with Gasteiger partial charge in [0, 0.05) is 24.2 Å². The highest BCUT2D eigenvalue weighted by Crippen LogP contribution is 2.34. The van der Waals surface area contributed by atoms with Crippen LogP contribution in [0.25, 0.3) is 0 Å². The lowest BCUT2D eigenvalue weighted by Crippen LogP contribution is -2.47. The Hall–Kier alpha value is -0.300. The van der Waals surface area contributed by atoms with Crippen molar-refractivity contribution < 1.29 is 9.53 Å². The first-order chi connectivity index (χ1) is 9.15. The minimum Gasteiger partial charge on any atom is -0.495 e. The van der Waals surface area contributed by atoms with Gasteiger partial charge in [-0.25, -0.2) is 0 Å². The fraction of sp³-hybridized carbons (Fsp3) is 0.615. The summed E-state index contributed by atoms with van der Waals surface area (Å²) in [7, 11) is 1.61. The van der Waals surface area contributed by atoms with Gasteiger partial charge in [0.1, 0.15) is 9.54 Å². The van der Waals surface area contributed by atoms with Crippen LogP contribution in [-0.2, 0) is 0 Å². The number of ether oxygens (including phenoxy) is 1. The molecule has 2 aliphatic heterocycles. The van der Waals surface area contributed by atoms with Crippen LogP contribution in [0.3, 0.4) is 0 Å². The van der Waals surface area contributed by atoms with Gasteiger partial charge in [-0.2, -0.15) is 0 Å². The van der Waals surface area contributed by atoms with Crippen molar-refractivity contribution in [1.29, 1.82) is 0 Å². The zero-order chi connectivity index (χ0) is 13.4. The molecule has 0 aromatic carbocycles. The lowest BCUT2D eigenvalue weighted by Gasteiger charge is -2.29. The summed E-state index contributed by atoms with van der Waals surface area (Å²) in [6.45, 7) is 0. The van der Waals surface area contributed by atoms with E-state index in [1.165, 1.54) is 24.2 Å². The molecule has 2 atom stereocenters. The second-order valence-corrected chi connectivity index (χ2v) is 7.60. The van der Waals surface area contributed by atoms with Gasteiger partial charge in [-0.3, -0.25) is 4.79 Å². The van der Waals surface area contributed by atoms with Crippen molar-refractivity contribution in [2.45, 2.75) is 43.8 Å². The Morgan fingerprint density at radius 2 is 2.10 bits per heavy atom. The van der Waals surface area contributed by atoms with E-state index in [4.69, 9.17) is 4.74 Å². The molecule has 112 valence electrons. The number of carbonyl (C=O) groups is 1. The summed E-state index contributed by atoms with van der Waals surface area (Å²) in [6, 6.07) is 3.28. The fourth-order valence-electron chi connectivity index (χ4n) is 3.03. The predicted octanol–water partition coefficient (Wildman–Crippen LogP) is 2.95. The van der Waals surface area contributed by atoms with Gasteiger partial charge in [0.15, 0.2) is 0 Å². The van der Waals surface area contributed by atoms with Crippen LogP contribution in [0.2, 0.25) is 0 Å². The summed E-state index contributed by atoms with van der Waals surface area (Å²) in [5, 5.41) is 6.74. The average molecular weight is 382 g/mol. The Kier molecular flexibility index (Phi) is 5.34. The highest BCUT2D eigenvalue weighted by molar-refractivity contribution is 9.11. The Bertz CT molecular complexity index is 485. The number of nitrogens with one attached hydrogen (secondary N) is 2. The molecule has 7 heteroatoms. The van der Waals surface area contributed by atoms with Gasteiger partial charge in [-0.1, -0.05) is 0 Å². The molecule has 2 N–H and O–H groups in total. The average Bonchev–Trinajstić information content (AvgIpc) is 2.92. The van der Waals surface area contributed by atoms with Crippen LogP contribution in [0.5, 0.6) is 5.75 Å². The summed E-state index contributed by atoms with van der Waals surface area (Å²) >= 11 is 4.82. The number of hydrogen-bond donors (Lipinski definition) is 2. The van der Waals surface area contributed by atoms with Crippen LogP contribution in [0.1, 0.15) is 35.4 Å². The number of rotatable bonds is 3. The van der Waals surface area contributed by atoms with E-state index in [9.17, 15) is 4.79 Å². The Morgan fingerprint density at radius 3 is 2.65 bits per heavy atom. The van der Waals surface area contributed by atoms with Crippen LogP contribution in [0.4, 0.5) is 0 Å². The zero-order valence-corrected chi connectivity index (χ0v) is 14.4. The monoisotopic (exact) mass is 380 g/mol. The predicted molar refractivity (Wildman–Crippen MR) is 86.3 cm³/mol. The highest BCUT2D eigenvalue weighted by Gasteiger charge is 2.34. The zero-order valence-electron chi connectivity index (χ0n) is 11.1. The van der Waals surface area contributed by atoms with E-state index < -0.39 is 0 Å². The summed E-state index contributed by atoms with van der Waals surface area (Å²) in [4.78, 5) is 12.9. The minimum absolute atomic E-state index is 0. The van der Waals surface area contributed by atoms with E-state index in [0.717, 1.165) is 22.4 Å². The molecule has 2 aliphatic rings. The van der Waals surface area contributed by atoms with Gasteiger partial charge < -0.3 is 15.4 Å². The van der Waals surface area contributed by atoms with E-state index in [0.29, 0.717) is 23.0 Å². The molecular formula is C13H18BrClN2O2S. The van der Waals surface area contributed by atoms with Gasteiger partial charge in [-0.05, 0) is 41.6 Å². The molecule has 2 unspecified atom stereocenters. The van der Waals surface area contributed by atoms with Gasteiger partial charge >= 0.3 is 0 Å². The number of halogens is 2. The summed E-state index contributed by atoms with van der Waals surface area (Å²) < 4.78 is 6.05. The molecule has 4 nitrogen and oxygen atoms in total. The number of thiophene rings is 1. The Labute approximate surface area is 137 Å². The standard InChI is InChI=1S/C13H17BrN2O2S.ClH/c1-18-10-6-11(19-12(10)14)13(17)16-9-4-7-2-3-8(5-9)15-7;/h6-9,15H,2-5H2,1H3,(H,16,17);1H. The first kappa shape index (κ1) is 16.1. The van der Waals surface area contributed by atoms with Crippen molar-refractivity contribution in [3.05, 3.63) is 14.7 Å². The van der Waals surface area contributed by atoms with Crippen LogP contribution < -0.4 is 15.4 Å². The molecule has 3 rings (SSSR count). The molecule has 0 aliphatic carbocycles. The Morgan fingerprint density at radius 1 is 1.45 bits per heavy atom. The summed E-state index contributed by atoms with van der Waals surface area (Å²) in [5.74, 6) is 0.737. The normalized spacial score (nSPS) is 27.8. The van der Waals surface area contributed by atoms with Gasteiger partial charge in [0.25, 0.3) is 5.91 Å². The number of fused-ring (bicyclic) bond motifs is 2. The third-order valence-corrected chi connectivity index (χ3v) is 5.69. The third kappa shape index (κ3) is 3.30. The topological polar surface area (TPSA) is 50.4 Å². The second-order valence-electron chi connectivity index (χ2n) is 5.23. The van der Waals surface area contributed by atoms with Gasteiger partial charge in [0.05, 0.1) is 12.0 Å². The maximum absolute atomic E-state index is 12.2. The molecule has 0 saturated carbocycles. The quantitative estimate of drug-likeness (QED) is 0.846. The van der Waals surface area contributed by atoms with Crippen molar-refractivity contribution in [3.63, 3.8) is 0 Å². The van der Waals surface area contributed by atoms with E-state index in [-0.39, 0.29) is 18.3 Å². The molecular weight excluding hydrogens is 364 g/mol. The maximum Gasteiger partial charge on any atom is 0.261 e. The first-order valence-electron chi connectivity index (χ1n) is 6.56. The third-order valence-electron chi connectivity index (χ3n) is 3.91. The fourth-order valence-corrected chi connectivity index (χ4v) is 4.59. The molecule has 1 aromatic heterocycles. The van der Waals surface area contributed by atoms with Crippen molar-refractivity contribution >= 4 is 45.6 Å². The second kappa shape index (κ2) is 6.64. The lowest BCUT2D eigenvalue weighted by atomic mass is 10.00. The molecule has 0 spiro atoms. The molecule has 2 saturated heterocycles. The number of piperidine rings is 1. The van der Waals surface area contributed by atoms with E-state index in [2.05, 4.69) is 26.6 Å². The van der Waals surface area contributed by atoms with Crippen molar-refractivity contribution in [2.75, 3.05) is 7.11 Å². The molecule has 2 bridgehead atoms. The molecule has 2 fully saturated rings. The van der Waals surface area contributed by atoms with Crippen molar-refractivity contribution in [3.8, 4) is 5.75 Å². The van der Waals surface area contributed by atoms with E-state index in [1.54, 1.807) is 13.2 Å². The number of methoxy groups -OCH3 is 1. The molecule has 20 heavy (non-hydrogen) atoms. The van der Waals surface area contributed by atoms with Crippen LogP contribution in [0.15, 0.2) is 9.85 Å². The maximum atomic E-state index is 12.2. The number of amides is 1. The molecule has 3 heterocycles. The largest absolute Gasteiger partial charge is 0.495 e. The van der Waals surface area contributed by atoms with Crippen LogP contribution in [0, 0.1) is 0 Å². The summed E-state index contributed by atoms with van der Waals surface area (Å²) in [6.07, 6.45) is 4.59. The SMILES string of the molecule is COc1cc(C(=O)NC2CC3CCC(C2)N3)sc1Br.Cl. The van der Waals surface area contributed by atoms with Crippen LogP contribution >= 0.6 is 39.7 Å². The number of carbonyl (C=O) groups excluding carboxylic acids is 1. The summed E-state index contributed by atoms with van der Waals surface area (Å²) in [5.41, 5.74) is 0. The first-order valence-corrected chi connectivity index (χ1v) is 8.17. The number of hydrogen-bond acceptors (Lipinski definition) is 4. The Balaban J connectivity index is 0.00000147. The van der Waals surface area contributed by atoms with Crippen LogP contribution in [-0.4, -0.2) is 31.1 Å². The molecule has 0 radical (unpaired) electrons. The highest BCUT2D eigenvalue weighted by atomic mass is 79.9. The van der Waals surface area contributed by atoms with Gasteiger partial charge in [-0.15, -0.1) is 23.7 Å². The lowest BCUT2D eigenvalue weighted by molar-refractivity contribution is 0.0928. The van der Waals surface area contributed by atoms with E-state index >= 15 is 0 Å². The van der Waals surface area contributed by atoms with E-state index in [1.807, 2.05) is 0 Å². The minimum atomic E-state index is 0.